The fraction of sp³-hybridized carbons (Fsp3) is 0. The van der Waals surface area contributed by atoms with E-state index >= 15 is 0 Å². The van der Waals surface area contributed by atoms with Gasteiger partial charge in [0.15, 0.2) is 5.70 Å². The molecule has 2 heterocycles. The third kappa shape index (κ3) is 1.64. The van der Waals surface area contributed by atoms with Crippen LogP contribution in [0.4, 0.5) is 0 Å². The monoisotopic (exact) mass is 286 g/mol. The highest BCUT2D eigenvalue weighted by atomic mass is 16.1. The molecule has 1 aromatic heterocycles. The van der Waals surface area contributed by atoms with E-state index in [0.29, 0.717) is 17.0 Å². The molecule has 1 N–H and O–H groups in total. The highest BCUT2D eigenvalue weighted by Crippen LogP contribution is 2.29. The van der Waals surface area contributed by atoms with Gasteiger partial charge in [0.1, 0.15) is 12.4 Å². The van der Waals surface area contributed by atoms with Crippen LogP contribution < -0.4 is 5.32 Å². The fourth-order valence-corrected chi connectivity index (χ4v) is 2.70. The van der Waals surface area contributed by atoms with Crippen molar-refractivity contribution in [1.82, 2.24) is 14.9 Å². The molecule has 0 unspecified atom stereocenters. The first-order valence-electron chi connectivity index (χ1n) is 6.77. The Balaban J connectivity index is 2.01. The average molecular weight is 286 g/mol. The maximum atomic E-state index is 12.0. The van der Waals surface area contributed by atoms with Crippen LogP contribution in [0.3, 0.4) is 0 Å². The minimum Gasteiger partial charge on any atom is -0.319 e. The number of amides is 1. The second-order valence-corrected chi connectivity index (χ2v) is 4.94. The van der Waals surface area contributed by atoms with E-state index in [1.807, 2.05) is 36.4 Å². The number of hydrogen-bond acceptors (Lipinski definition) is 3. The molecule has 0 atom stereocenters. The molecule has 0 bridgehead atoms. The van der Waals surface area contributed by atoms with Crippen LogP contribution in [0, 0.1) is 11.3 Å². The van der Waals surface area contributed by atoms with E-state index < -0.39 is 0 Å². The van der Waals surface area contributed by atoms with E-state index in [4.69, 9.17) is 0 Å². The Bertz CT molecular complexity index is 991. The number of para-hydroxylation sites is 2. The Morgan fingerprint density at radius 1 is 1.09 bits per heavy atom. The number of nitrogens with one attached hydrogen (secondary N) is 1. The number of aromatic nitrogens is 2. The molecule has 0 radical (unpaired) electrons. The number of benzene rings is 2. The van der Waals surface area contributed by atoms with Crippen LogP contribution in [-0.4, -0.2) is 15.5 Å². The maximum Gasteiger partial charge on any atom is 0.256 e. The second-order valence-electron chi connectivity index (χ2n) is 4.94. The predicted octanol–water partition coefficient (Wildman–Crippen LogP) is 2.63. The van der Waals surface area contributed by atoms with Gasteiger partial charge in [-0.2, -0.15) is 5.26 Å². The van der Waals surface area contributed by atoms with Crippen molar-refractivity contribution >= 4 is 28.3 Å². The van der Waals surface area contributed by atoms with Gasteiger partial charge in [-0.15, -0.1) is 0 Å². The van der Waals surface area contributed by atoms with E-state index in [9.17, 15) is 10.1 Å². The van der Waals surface area contributed by atoms with Crippen LogP contribution in [0.2, 0.25) is 0 Å². The molecule has 104 valence electrons. The van der Waals surface area contributed by atoms with Crippen molar-refractivity contribution < 1.29 is 4.79 Å². The van der Waals surface area contributed by atoms with E-state index in [-0.39, 0.29) is 5.91 Å². The topological polar surface area (TPSA) is 70.7 Å². The molecule has 1 aliphatic heterocycles. The Kier molecular flexibility index (Phi) is 2.57. The van der Waals surface area contributed by atoms with E-state index in [2.05, 4.69) is 16.4 Å². The van der Waals surface area contributed by atoms with Crippen molar-refractivity contribution in [3.05, 3.63) is 66.0 Å². The maximum absolute atomic E-state index is 12.0. The lowest BCUT2D eigenvalue weighted by molar-refractivity contribution is 0.0981. The molecule has 0 spiro atoms. The number of nitriles is 1. The lowest BCUT2D eigenvalue weighted by atomic mass is 10.1. The molecule has 0 saturated heterocycles. The Morgan fingerprint density at radius 3 is 2.64 bits per heavy atom. The Hall–Kier alpha value is -3.39. The minimum absolute atomic E-state index is 0.192. The van der Waals surface area contributed by atoms with Gasteiger partial charge < -0.3 is 5.32 Å². The average Bonchev–Trinajstić information content (AvgIpc) is 3.12. The summed E-state index contributed by atoms with van der Waals surface area (Å²) in [6, 6.07) is 17.0. The molecule has 5 heteroatoms. The smallest absolute Gasteiger partial charge is 0.256 e. The van der Waals surface area contributed by atoms with Gasteiger partial charge in [-0.25, -0.2) is 4.98 Å². The predicted molar refractivity (Wildman–Crippen MR) is 82.4 cm³/mol. The summed E-state index contributed by atoms with van der Waals surface area (Å²) in [6.45, 7) is 0. The van der Waals surface area contributed by atoms with Crippen molar-refractivity contribution in [2.75, 3.05) is 0 Å². The molecule has 1 amide bonds. The molecular formula is C17H10N4O. The molecule has 22 heavy (non-hydrogen) atoms. The summed E-state index contributed by atoms with van der Waals surface area (Å²) < 4.78 is 1.70. The summed E-state index contributed by atoms with van der Waals surface area (Å²) in [5.74, 6) is -0.192. The van der Waals surface area contributed by atoms with Crippen molar-refractivity contribution in [3.8, 4) is 6.07 Å². The highest BCUT2D eigenvalue weighted by Gasteiger charge is 2.27. The minimum atomic E-state index is -0.192. The summed E-state index contributed by atoms with van der Waals surface area (Å²) in [4.78, 5) is 16.3. The summed E-state index contributed by atoms with van der Waals surface area (Å²) in [7, 11) is 0. The third-order valence-corrected chi connectivity index (χ3v) is 3.72. The number of fused-ring (bicyclic) bond motifs is 2. The number of nitrogens with zero attached hydrogens (tertiary/aromatic N) is 3. The highest BCUT2D eigenvalue weighted by molar-refractivity contribution is 6.13. The molecule has 3 aromatic rings. The molecule has 0 saturated carbocycles. The standard InChI is InChI=1S/C17H10N4O/c18-9-15(21-10-19-13-7-3-4-8-14(13)21)16-11-5-1-2-6-12(11)17(22)20-16/h1-8,10H,(H,20,22). The Morgan fingerprint density at radius 2 is 1.82 bits per heavy atom. The van der Waals surface area contributed by atoms with Crippen LogP contribution in [0.25, 0.3) is 22.4 Å². The number of imidazole rings is 1. The van der Waals surface area contributed by atoms with Crippen LogP contribution in [-0.2, 0) is 0 Å². The Labute approximate surface area is 126 Å². The zero-order chi connectivity index (χ0) is 15.1. The third-order valence-electron chi connectivity index (χ3n) is 3.72. The SMILES string of the molecule is N#CC(=C1NC(=O)c2ccccc21)n1cnc2ccccc21. The number of carbonyl (C=O) groups is 1. The van der Waals surface area contributed by atoms with Gasteiger partial charge in [0.05, 0.1) is 16.7 Å². The summed E-state index contributed by atoms with van der Waals surface area (Å²) in [6.07, 6.45) is 1.60. The number of rotatable bonds is 1. The van der Waals surface area contributed by atoms with Crippen LogP contribution >= 0.6 is 0 Å². The fourth-order valence-electron chi connectivity index (χ4n) is 2.70. The quantitative estimate of drug-likeness (QED) is 0.699. The molecule has 0 aliphatic carbocycles. The number of hydrogen-bond donors (Lipinski definition) is 1. The summed E-state index contributed by atoms with van der Waals surface area (Å²) >= 11 is 0. The van der Waals surface area contributed by atoms with Crippen LogP contribution in [0.5, 0.6) is 0 Å². The molecule has 2 aromatic carbocycles. The van der Waals surface area contributed by atoms with Crippen LogP contribution in [0.15, 0.2) is 54.9 Å². The lowest BCUT2D eigenvalue weighted by Gasteiger charge is -2.07. The van der Waals surface area contributed by atoms with Gasteiger partial charge in [-0.1, -0.05) is 30.3 Å². The zero-order valence-electron chi connectivity index (χ0n) is 11.4. The first-order valence-corrected chi connectivity index (χ1v) is 6.77. The first-order chi connectivity index (χ1) is 10.8. The molecular weight excluding hydrogens is 276 g/mol. The van der Waals surface area contributed by atoms with E-state index in [1.54, 1.807) is 23.0 Å². The van der Waals surface area contributed by atoms with Crippen molar-refractivity contribution in [2.45, 2.75) is 0 Å². The van der Waals surface area contributed by atoms with Crippen LogP contribution in [0.1, 0.15) is 15.9 Å². The van der Waals surface area contributed by atoms with Crippen molar-refractivity contribution in [3.63, 3.8) is 0 Å². The van der Waals surface area contributed by atoms with Gasteiger partial charge in [-0.05, 0) is 18.2 Å². The van der Waals surface area contributed by atoms with Gasteiger partial charge in [0.2, 0.25) is 0 Å². The van der Waals surface area contributed by atoms with E-state index in [1.165, 1.54) is 0 Å². The van der Waals surface area contributed by atoms with Crippen molar-refractivity contribution in [1.29, 1.82) is 5.26 Å². The van der Waals surface area contributed by atoms with Gasteiger partial charge in [0.25, 0.3) is 5.91 Å². The largest absolute Gasteiger partial charge is 0.319 e. The zero-order valence-corrected chi connectivity index (χ0v) is 11.4. The summed E-state index contributed by atoms with van der Waals surface area (Å²) in [5, 5.41) is 12.4. The number of allylic oxidation sites excluding steroid dienone is 1. The summed E-state index contributed by atoms with van der Waals surface area (Å²) in [5.41, 5.74) is 3.81. The van der Waals surface area contributed by atoms with Gasteiger partial charge in [-0.3, -0.25) is 9.36 Å². The molecule has 0 fully saturated rings. The van der Waals surface area contributed by atoms with E-state index in [0.717, 1.165) is 16.6 Å². The molecule has 5 nitrogen and oxygen atoms in total. The second kappa shape index (κ2) is 4.57. The first kappa shape index (κ1) is 12.4. The van der Waals surface area contributed by atoms with Gasteiger partial charge >= 0.3 is 0 Å². The van der Waals surface area contributed by atoms with Gasteiger partial charge in [0, 0.05) is 11.1 Å². The molecule has 1 aliphatic rings. The van der Waals surface area contributed by atoms with Crippen molar-refractivity contribution in [2.24, 2.45) is 0 Å². The lowest BCUT2D eigenvalue weighted by Crippen LogP contribution is -2.14. The normalized spacial score (nSPS) is 15.3. The molecule has 4 rings (SSSR count). The number of carbonyl (C=O) groups excluding carboxylic acids is 1.